The summed E-state index contributed by atoms with van der Waals surface area (Å²) in [5, 5.41) is 13.6. The maximum Gasteiger partial charge on any atom is 0.319 e. The van der Waals surface area contributed by atoms with Crippen LogP contribution in [0.2, 0.25) is 5.02 Å². The molecule has 1 unspecified atom stereocenters. The molecule has 1 aromatic carbocycles. The summed E-state index contributed by atoms with van der Waals surface area (Å²) in [5.41, 5.74) is 1.64. The highest BCUT2D eigenvalue weighted by atomic mass is 35.5. The van der Waals surface area contributed by atoms with Gasteiger partial charge < -0.3 is 9.94 Å². The van der Waals surface area contributed by atoms with Crippen LogP contribution >= 0.6 is 11.6 Å². The third-order valence-corrected chi connectivity index (χ3v) is 3.81. The topological polar surface area (TPSA) is 65.3 Å². The van der Waals surface area contributed by atoms with Crippen LogP contribution in [0.25, 0.3) is 10.9 Å². The highest BCUT2D eigenvalue weighted by molar-refractivity contribution is 6.32. The van der Waals surface area contributed by atoms with Crippen LogP contribution in [-0.2, 0) is 16.0 Å². The van der Waals surface area contributed by atoms with Crippen LogP contribution in [0.3, 0.4) is 0 Å². The van der Waals surface area contributed by atoms with Gasteiger partial charge in [-0.3, -0.25) is 4.79 Å². The number of carbonyl (C=O) groups is 1. The number of hydrogen-bond acceptors (Lipinski definition) is 4. The fraction of sp³-hybridized carbons (Fsp3) is 0.267. The first-order chi connectivity index (χ1) is 10.1. The smallest absolute Gasteiger partial charge is 0.319 e. The Balaban J connectivity index is 2.15. The van der Waals surface area contributed by atoms with E-state index in [1.165, 1.54) is 6.21 Å². The normalized spacial score (nSPS) is 17.2. The van der Waals surface area contributed by atoms with Crippen molar-refractivity contribution in [3.63, 3.8) is 0 Å². The number of carbonyl (C=O) groups excluding carboxylic acids is 1. The van der Waals surface area contributed by atoms with E-state index in [4.69, 9.17) is 16.3 Å². The van der Waals surface area contributed by atoms with Crippen molar-refractivity contribution in [2.45, 2.75) is 13.3 Å². The molecule has 0 aliphatic carbocycles. The van der Waals surface area contributed by atoms with Gasteiger partial charge in [-0.15, -0.1) is 0 Å². The average Bonchev–Trinajstić information content (AvgIpc) is 2.47. The number of hydrogen-bond donors (Lipinski definition) is 0. The summed E-state index contributed by atoms with van der Waals surface area (Å²) in [5.74, 6) is -1.03. The lowest BCUT2D eigenvalue weighted by Crippen LogP contribution is -2.28. The van der Waals surface area contributed by atoms with Crippen molar-refractivity contribution in [1.82, 2.24) is 4.98 Å². The minimum atomic E-state index is -0.617. The molecule has 1 atom stereocenters. The Bertz CT molecular complexity index is 758. The zero-order valence-corrected chi connectivity index (χ0v) is 12.1. The Morgan fingerprint density at radius 3 is 3.19 bits per heavy atom. The molecule has 0 radical (unpaired) electrons. The fourth-order valence-electron chi connectivity index (χ4n) is 2.55. The van der Waals surface area contributed by atoms with Crippen molar-refractivity contribution in [1.29, 1.82) is 0 Å². The first-order valence-electron chi connectivity index (χ1n) is 6.66. The molecule has 21 heavy (non-hydrogen) atoms. The number of pyridine rings is 1. The van der Waals surface area contributed by atoms with Crippen molar-refractivity contribution in [2.24, 2.45) is 5.92 Å². The quantitative estimate of drug-likeness (QED) is 0.486. The summed E-state index contributed by atoms with van der Waals surface area (Å²) in [6, 6.07) is 5.40. The Kier molecular flexibility index (Phi) is 3.51. The number of rotatable bonds is 2. The van der Waals surface area contributed by atoms with E-state index in [0.717, 1.165) is 5.39 Å². The molecule has 5 nitrogen and oxygen atoms in total. The first kappa shape index (κ1) is 13.8. The van der Waals surface area contributed by atoms with E-state index in [1.54, 1.807) is 25.3 Å². The maximum atomic E-state index is 12.3. The van der Waals surface area contributed by atoms with Crippen molar-refractivity contribution in [3.05, 3.63) is 40.2 Å². The van der Waals surface area contributed by atoms with Gasteiger partial charge in [0, 0.05) is 23.6 Å². The molecule has 6 heteroatoms. The van der Waals surface area contributed by atoms with Crippen LogP contribution in [0, 0.1) is 11.1 Å². The monoisotopic (exact) mass is 304 g/mol. The molecule has 2 heterocycles. The van der Waals surface area contributed by atoms with Gasteiger partial charge in [-0.05, 0) is 19.1 Å². The highest BCUT2D eigenvalue weighted by Gasteiger charge is 2.33. The lowest BCUT2D eigenvalue weighted by atomic mass is 9.94. The largest absolute Gasteiger partial charge is 0.618 e. The van der Waals surface area contributed by atoms with Crippen LogP contribution in [-0.4, -0.2) is 28.5 Å². The number of nitrogens with zero attached hydrogens (tertiary/aromatic N) is 2. The van der Waals surface area contributed by atoms with Gasteiger partial charge in [-0.1, -0.05) is 17.7 Å². The molecule has 0 saturated heterocycles. The van der Waals surface area contributed by atoms with Crippen molar-refractivity contribution in [3.8, 4) is 0 Å². The van der Waals surface area contributed by atoms with Gasteiger partial charge in [0.2, 0.25) is 5.69 Å². The van der Waals surface area contributed by atoms with Crippen molar-refractivity contribution >= 4 is 40.4 Å². The van der Waals surface area contributed by atoms with Gasteiger partial charge in [-0.2, -0.15) is 4.74 Å². The molecule has 0 N–H and O–H groups in total. The highest BCUT2D eigenvalue weighted by Crippen LogP contribution is 2.37. The van der Waals surface area contributed by atoms with Crippen LogP contribution in [0.5, 0.6) is 0 Å². The molecule has 1 aliphatic rings. The van der Waals surface area contributed by atoms with Gasteiger partial charge in [0.1, 0.15) is 11.4 Å². The van der Waals surface area contributed by atoms with Crippen LogP contribution in [0.15, 0.2) is 24.4 Å². The second-order valence-electron chi connectivity index (χ2n) is 4.80. The second-order valence-corrected chi connectivity index (χ2v) is 5.21. The summed E-state index contributed by atoms with van der Waals surface area (Å²) >= 11 is 6.27. The molecular weight excluding hydrogens is 292 g/mol. The molecular formula is C15H13ClN2O3. The first-order valence-corrected chi connectivity index (χ1v) is 7.03. The third-order valence-electron chi connectivity index (χ3n) is 3.47. The maximum absolute atomic E-state index is 12.3. The summed E-state index contributed by atoms with van der Waals surface area (Å²) in [6.45, 7) is 2.01. The standard InChI is InChI=1S/C15H13ClN2O3/c1-2-21-15(19)10-6-11-12(16)7-9-4-3-5-17-13(9)14(11)18(20)8-10/h3-5,7-8,10H,2,6H2,1H3. The zero-order valence-electron chi connectivity index (χ0n) is 11.4. The number of fused-ring (bicyclic) bond motifs is 3. The van der Waals surface area contributed by atoms with E-state index in [-0.39, 0.29) is 6.61 Å². The number of esters is 1. The summed E-state index contributed by atoms with van der Waals surface area (Å²) < 4.78 is 5.66. The lowest BCUT2D eigenvalue weighted by Gasteiger charge is -2.20. The van der Waals surface area contributed by atoms with Crippen LogP contribution in [0.1, 0.15) is 12.5 Å². The SMILES string of the molecule is CCOC(=O)C1C=[N+]([O-])c2c(c(Cl)cc3cccnc23)C1. The minimum absolute atomic E-state index is 0.280. The average molecular weight is 305 g/mol. The number of ether oxygens (including phenoxy) is 1. The fourth-order valence-corrected chi connectivity index (χ4v) is 2.83. The van der Waals surface area contributed by atoms with Gasteiger partial charge in [0.25, 0.3) is 0 Å². The Morgan fingerprint density at radius 2 is 2.43 bits per heavy atom. The van der Waals surface area contributed by atoms with Gasteiger partial charge in [-0.25, -0.2) is 4.98 Å². The minimum Gasteiger partial charge on any atom is -0.618 e. The zero-order chi connectivity index (χ0) is 15.0. The van der Waals surface area contributed by atoms with Crippen molar-refractivity contribution < 1.29 is 14.3 Å². The summed E-state index contributed by atoms with van der Waals surface area (Å²) in [4.78, 5) is 16.1. The summed E-state index contributed by atoms with van der Waals surface area (Å²) in [7, 11) is 0. The van der Waals surface area contributed by atoms with E-state index in [2.05, 4.69) is 4.98 Å². The van der Waals surface area contributed by atoms with Crippen LogP contribution < -0.4 is 0 Å². The molecule has 1 aromatic heterocycles. The Hall–Kier alpha value is -2.14. The van der Waals surface area contributed by atoms with E-state index in [1.807, 2.05) is 6.07 Å². The predicted octanol–water partition coefficient (Wildman–Crippen LogP) is 2.84. The van der Waals surface area contributed by atoms with E-state index < -0.39 is 11.9 Å². The molecule has 108 valence electrons. The van der Waals surface area contributed by atoms with Gasteiger partial charge in [0.15, 0.2) is 6.21 Å². The predicted molar refractivity (Wildman–Crippen MR) is 79.9 cm³/mol. The third kappa shape index (κ3) is 2.34. The molecule has 3 rings (SSSR count). The second kappa shape index (κ2) is 5.33. The van der Waals surface area contributed by atoms with E-state index in [9.17, 15) is 10.0 Å². The molecule has 0 saturated carbocycles. The van der Waals surface area contributed by atoms with Crippen LogP contribution in [0.4, 0.5) is 5.69 Å². The number of benzene rings is 1. The lowest BCUT2D eigenvalue weighted by molar-refractivity contribution is -0.359. The number of halogens is 1. The molecule has 0 fully saturated rings. The molecule has 0 bridgehead atoms. The molecule has 1 aliphatic heterocycles. The van der Waals surface area contributed by atoms with E-state index >= 15 is 0 Å². The summed E-state index contributed by atoms with van der Waals surface area (Å²) in [6.07, 6.45) is 3.30. The van der Waals surface area contributed by atoms with Gasteiger partial charge >= 0.3 is 5.97 Å². The number of aromatic nitrogens is 1. The Labute approximate surface area is 126 Å². The van der Waals surface area contributed by atoms with E-state index in [0.29, 0.717) is 32.9 Å². The Morgan fingerprint density at radius 1 is 1.62 bits per heavy atom. The molecule has 0 spiro atoms. The van der Waals surface area contributed by atoms with Crippen molar-refractivity contribution in [2.75, 3.05) is 6.61 Å². The molecule has 2 aromatic rings. The molecule has 0 amide bonds. The van der Waals surface area contributed by atoms with Gasteiger partial charge in [0.05, 0.1) is 11.6 Å².